The number of benzene rings is 1. The Morgan fingerprint density at radius 1 is 1.20 bits per heavy atom. The molecule has 1 aromatic rings. The van der Waals surface area contributed by atoms with E-state index >= 15 is 0 Å². The van der Waals surface area contributed by atoms with Crippen LogP contribution in [0.3, 0.4) is 0 Å². The van der Waals surface area contributed by atoms with Gasteiger partial charge in [-0.1, -0.05) is 32.1 Å². The lowest BCUT2D eigenvalue weighted by Gasteiger charge is -2.25. The van der Waals surface area contributed by atoms with Crippen LogP contribution in [-0.2, 0) is 0 Å². The van der Waals surface area contributed by atoms with Gasteiger partial charge in [-0.15, -0.1) is 18.3 Å². The molecule has 1 unspecified atom stereocenters. The monoisotopic (exact) mass is 376 g/mol. The van der Waals surface area contributed by atoms with Crippen LogP contribution in [0.2, 0.25) is 0 Å². The smallest absolute Gasteiger partial charge is 0.104 e. The normalized spacial score (nSPS) is 17.2. The summed E-state index contributed by atoms with van der Waals surface area (Å²) < 4.78 is 2.48. The lowest BCUT2D eigenvalue weighted by Crippen LogP contribution is -2.18. The van der Waals surface area contributed by atoms with E-state index < -0.39 is 0 Å². The maximum absolute atomic E-state index is 3.81. The molecule has 138 valence electrons. The highest BCUT2D eigenvalue weighted by Gasteiger charge is 2.24. The number of allylic oxidation sites excluding steroid dienone is 2. The molecule has 25 heavy (non-hydrogen) atoms. The fourth-order valence-electron chi connectivity index (χ4n) is 2.98. The first-order valence-corrected chi connectivity index (χ1v) is 11.1. The van der Waals surface area contributed by atoms with Gasteiger partial charge in [0.1, 0.15) is 5.37 Å². The van der Waals surface area contributed by atoms with E-state index in [-0.39, 0.29) is 0 Å². The Hall–Kier alpha value is -0.840. The Morgan fingerprint density at radius 3 is 2.48 bits per heavy atom. The molecular weight excluding hydrogens is 344 g/mol. The van der Waals surface area contributed by atoms with Crippen molar-refractivity contribution in [1.29, 1.82) is 0 Å². The second-order valence-electron chi connectivity index (χ2n) is 6.48. The highest BCUT2D eigenvalue weighted by Crippen LogP contribution is 2.43. The Morgan fingerprint density at radius 2 is 1.88 bits per heavy atom. The fraction of sp³-hybridized carbons (Fsp3) is 0.524. The average Bonchev–Trinajstić information content (AvgIpc) is 2.97. The number of nitrogens with zero attached hydrogens (tertiary/aromatic N) is 2. The maximum atomic E-state index is 3.81. The molecule has 0 N–H and O–H groups in total. The van der Waals surface area contributed by atoms with E-state index in [0.29, 0.717) is 5.37 Å². The van der Waals surface area contributed by atoms with Gasteiger partial charge in [0, 0.05) is 30.7 Å². The van der Waals surface area contributed by atoms with Gasteiger partial charge in [0.2, 0.25) is 0 Å². The topological polar surface area (TPSA) is 6.48 Å². The Labute approximate surface area is 162 Å². The van der Waals surface area contributed by atoms with Crippen molar-refractivity contribution in [3.05, 3.63) is 53.6 Å². The molecule has 0 bridgehead atoms. The third kappa shape index (κ3) is 6.12. The SMILES string of the molecule is C=CCCCC1=CSC(c2ccc(SN(CCC)CCC)cc2)N1C. The van der Waals surface area contributed by atoms with Crippen molar-refractivity contribution in [2.75, 3.05) is 20.1 Å². The van der Waals surface area contributed by atoms with Gasteiger partial charge in [-0.2, -0.15) is 0 Å². The first kappa shape index (κ1) is 20.5. The second-order valence-corrected chi connectivity index (χ2v) is 8.60. The minimum absolute atomic E-state index is 0.417. The number of hydrogen-bond donors (Lipinski definition) is 0. The second kappa shape index (κ2) is 11.0. The molecule has 2 rings (SSSR count). The number of rotatable bonds is 11. The van der Waals surface area contributed by atoms with E-state index in [1.54, 1.807) is 0 Å². The summed E-state index contributed by atoms with van der Waals surface area (Å²) in [6, 6.07) is 9.16. The summed E-state index contributed by atoms with van der Waals surface area (Å²) in [5.41, 5.74) is 2.84. The molecule has 0 saturated carbocycles. The summed E-state index contributed by atoms with van der Waals surface area (Å²) in [7, 11) is 2.22. The standard InChI is InChI=1S/C21H32N2S2/c1-5-8-9-10-19-17-24-21(22(19)4)18-11-13-20(14-12-18)25-23(15-6-2)16-7-3/h5,11-14,17,21H,1,6-10,15-16H2,2-4H3. The van der Waals surface area contributed by atoms with Crippen molar-refractivity contribution in [1.82, 2.24) is 9.21 Å². The van der Waals surface area contributed by atoms with Gasteiger partial charge in [0.15, 0.2) is 0 Å². The Balaban J connectivity index is 1.92. The molecule has 0 aromatic heterocycles. The van der Waals surface area contributed by atoms with Gasteiger partial charge >= 0.3 is 0 Å². The first-order valence-electron chi connectivity index (χ1n) is 9.40. The van der Waals surface area contributed by atoms with Crippen LogP contribution >= 0.6 is 23.7 Å². The van der Waals surface area contributed by atoms with Crippen molar-refractivity contribution in [2.45, 2.75) is 56.2 Å². The molecule has 0 amide bonds. The molecule has 0 fully saturated rings. The van der Waals surface area contributed by atoms with Crippen LogP contribution in [0.5, 0.6) is 0 Å². The van der Waals surface area contributed by atoms with Crippen molar-refractivity contribution in [2.24, 2.45) is 0 Å². The zero-order valence-electron chi connectivity index (χ0n) is 15.9. The summed E-state index contributed by atoms with van der Waals surface area (Å²) in [5.74, 6) is 0. The summed E-state index contributed by atoms with van der Waals surface area (Å²) >= 11 is 3.82. The molecule has 1 aliphatic rings. The first-order chi connectivity index (χ1) is 12.2. The van der Waals surface area contributed by atoms with Crippen molar-refractivity contribution < 1.29 is 0 Å². The van der Waals surface area contributed by atoms with E-state index in [1.807, 2.05) is 29.8 Å². The van der Waals surface area contributed by atoms with Gasteiger partial charge in [-0.05, 0) is 67.2 Å². The number of hydrogen-bond acceptors (Lipinski definition) is 4. The number of unbranched alkanes of at least 4 members (excludes halogenated alkanes) is 1. The predicted octanol–water partition coefficient (Wildman–Crippen LogP) is 6.69. The molecule has 0 spiro atoms. The van der Waals surface area contributed by atoms with Crippen LogP contribution in [0.4, 0.5) is 0 Å². The van der Waals surface area contributed by atoms with Gasteiger partial charge in [0.25, 0.3) is 0 Å². The average molecular weight is 377 g/mol. The Bertz CT molecular complexity index is 548. The summed E-state index contributed by atoms with van der Waals surface area (Å²) in [6.07, 6.45) is 7.84. The highest BCUT2D eigenvalue weighted by molar-refractivity contribution is 8.02. The van der Waals surface area contributed by atoms with Crippen LogP contribution in [0.15, 0.2) is 52.9 Å². The molecule has 0 aliphatic carbocycles. The van der Waals surface area contributed by atoms with Crippen LogP contribution in [-0.4, -0.2) is 29.3 Å². The fourth-order valence-corrected chi connectivity index (χ4v) is 5.28. The van der Waals surface area contributed by atoms with E-state index in [4.69, 9.17) is 0 Å². The number of thioether (sulfide) groups is 1. The van der Waals surface area contributed by atoms with Crippen LogP contribution < -0.4 is 0 Å². The lowest BCUT2D eigenvalue weighted by molar-refractivity contribution is 0.392. The van der Waals surface area contributed by atoms with E-state index in [0.717, 1.165) is 25.9 Å². The van der Waals surface area contributed by atoms with E-state index in [2.05, 4.69) is 66.4 Å². The largest absolute Gasteiger partial charge is 0.361 e. The molecule has 0 saturated heterocycles. The quantitative estimate of drug-likeness (QED) is 0.241. The van der Waals surface area contributed by atoms with E-state index in [9.17, 15) is 0 Å². The van der Waals surface area contributed by atoms with Crippen molar-refractivity contribution in [3.8, 4) is 0 Å². The molecule has 1 aliphatic heterocycles. The summed E-state index contributed by atoms with van der Waals surface area (Å²) in [4.78, 5) is 3.77. The molecular formula is C21H32N2S2. The van der Waals surface area contributed by atoms with Crippen molar-refractivity contribution >= 4 is 23.7 Å². The highest BCUT2D eigenvalue weighted by atomic mass is 32.2. The van der Waals surface area contributed by atoms with E-state index in [1.165, 1.54) is 35.4 Å². The van der Waals surface area contributed by atoms with Gasteiger partial charge < -0.3 is 4.90 Å². The van der Waals surface area contributed by atoms with Gasteiger partial charge in [-0.3, -0.25) is 0 Å². The zero-order chi connectivity index (χ0) is 18.1. The summed E-state index contributed by atoms with van der Waals surface area (Å²) in [5, 5.41) is 2.75. The minimum Gasteiger partial charge on any atom is -0.361 e. The molecule has 2 nitrogen and oxygen atoms in total. The third-order valence-electron chi connectivity index (χ3n) is 4.32. The molecule has 1 atom stereocenters. The third-order valence-corrected chi connectivity index (χ3v) is 6.69. The van der Waals surface area contributed by atoms with Crippen LogP contribution in [0.1, 0.15) is 56.9 Å². The zero-order valence-corrected chi connectivity index (χ0v) is 17.5. The van der Waals surface area contributed by atoms with Crippen LogP contribution in [0.25, 0.3) is 0 Å². The maximum Gasteiger partial charge on any atom is 0.104 e. The molecule has 1 heterocycles. The van der Waals surface area contributed by atoms with Gasteiger partial charge in [-0.25, -0.2) is 4.31 Å². The van der Waals surface area contributed by atoms with Crippen LogP contribution in [0, 0.1) is 0 Å². The molecule has 0 radical (unpaired) electrons. The minimum atomic E-state index is 0.417. The summed E-state index contributed by atoms with van der Waals surface area (Å²) in [6.45, 7) is 10.6. The van der Waals surface area contributed by atoms with Gasteiger partial charge in [0.05, 0.1) is 0 Å². The lowest BCUT2D eigenvalue weighted by atomic mass is 10.1. The van der Waals surface area contributed by atoms with Crippen molar-refractivity contribution in [3.63, 3.8) is 0 Å². The Kier molecular flexibility index (Phi) is 9.00. The molecule has 1 aromatic carbocycles. The molecule has 4 heteroatoms. The predicted molar refractivity (Wildman–Crippen MR) is 115 cm³/mol.